The summed E-state index contributed by atoms with van der Waals surface area (Å²) in [6.07, 6.45) is 2.53. The predicted octanol–water partition coefficient (Wildman–Crippen LogP) is 1.28. The predicted molar refractivity (Wildman–Crippen MR) is 82.7 cm³/mol. The van der Waals surface area contributed by atoms with Gasteiger partial charge in [-0.1, -0.05) is 0 Å². The first-order chi connectivity index (χ1) is 11.1. The van der Waals surface area contributed by atoms with Crippen molar-refractivity contribution >= 4 is 5.91 Å². The Balaban J connectivity index is 2.19. The molecule has 23 heavy (non-hydrogen) atoms. The van der Waals surface area contributed by atoms with Crippen LogP contribution >= 0.6 is 0 Å². The van der Waals surface area contributed by atoms with Gasteiger partial charge in [0, 0.05) is 24.3 Å². The third kappa shape index (κ3) is 3.82. The number of rotatable bonds is 6. The smallest absolute Gasteiger partial charge is 0.252 e. The van der Waals surface area contributed by atoms with E-state index in [0.717, 1.165) is 0 Å². The summed E-state index contributed by atoms with van der Waals surface area (Å²) in [5.74, 6) is 1.39. The summed E-state index contributed by atoms with van der Waals surface area (Å²) in [7, 11) is 4.61. The number of pyridine rings is 1. The van der Waals surface area contributed by atoms with E-state index < -0.39 is 0 Å². The van der Waals surface area contributed by atoms with Crippen molar-refractivity contribution < 1.29 is 23.7 Å². The van der Waals surface area contributed by atoms with Crippen LogP contribution in [0.4, 0.5) is 0 Å². The number of benzene rings is 1. The first-order valence-electron chi connectivity index (χ1n) is 6.85. The van der Waals surface area contributed by atoms with Crippen molar-refractivity contribution in [3.63, 3.8) is 0 Å². The number of carbonyl (C=O) groups is 1. The molecule has 0 radical (unpaired) electrons. The first kappa shape index (κ1) is 16.4. The van der Waals surface area contributed by atoms with Gasteiger partial charge >= 0.3 is 0 Å². The normalized spacial score (nSPS) is 10.0. The summed E-state index contributed by atoms with van der Waals surface area (Å²) in [6.45, 7) is 0.210. The Hall–Kier alpha value is -2.96. The number of ether oxygens (including phenoxy) is 3. The van der Waals surface area contributed by atoms with Crippen LogP contribution in [0.5, 0.6) is 17.2 Å². The van der Waals surface area contributed by atoms with E-state index >= 15 is 0 Å². The van der Waals surface area contributed by atoms with Crippen LogP contribution in [-0.2, 0) is 6.54 Å². The lowest BCUT2D eigenvalue weighted by molar-refractivity contribution is -0.605. The summed E-state index contributed by atoms with van der Waals surface area (Å²) in [6, 6.07) is 6.33. The van der Waals surface area contributed by atoms with Gasteiger partial charge in [-0.2, -0.15) is 4.73 Å². The Morgan fingerprint density at radius 3 is 2.13 bits per heavy atom. The van der Waals surface area contributed by atoms with Gasteiger partial charge in [0.2, 0.25) is 0 Å². The molecular weight excluding hydrogens is 300 g/mol. The van der Waals surface area contributed by atoms with Crippen LogP contribution in [0.15, 0.2) is 36.7 Å². The summed E-state index contributed by atoms with van der Waals surface area (Å²) in [4.78, 5) is 12.1. The van der Waals surface area contributed by atoms with Crippen molar-refractivity contribution in [2.75, 3.05) is 21.3 Å². The average Bonchev–Trinajstić information content (AvgIpc) is 2.59. The molecule has 7 heteroatoms. The fourth-order valence-electron chi connectivity index (χ4n) is 2.09. The standard InChI is InChI=1S/C16H18N2O5/c1-21-12-8-14(22-2)13(15(9-12)23-3)10-17-16(19)11-4-6-18(20)7-5-11/h4-9H,10H2,1-3H3,(H,17,19). The van der Waals surface area contributed by atoms with Crippen molar-refractivity contribution in [3.05, 3.63) is 53.0 Å². The molecule has 0 atom stereocenters. The molecule has 1 aromatic carbocycles. The van der Waals surface area contributed by atoms with Gasteiger partial charge in [-0.3, -0.25) is 4.79 Å². The minimum absolute atomic E-state index is 0.210. The molecule has 0 saturated heterocycles. The fourth-order valence-corrected chi connectivity index (χ4v) is 2.09. The molecular formula is C16H18N2O5. The van der Waals surface area contributed by atoms with E-state index in [1.165, 1.54) is 38.7 Å². The highest BCUT2D eigenvalue weighted by molar-refractivity contribution is 5.93. The van der Waals surface area contributed by atoms with Crippen molar-refractivity contribution in [1.82, 2.24) is 5.32 Å². The maximum Gasteiger partial charge on any atom is 0.252 e. The van der Waals surface area contributed by atoms with Crippen LogP contribution in [0.1, 0.15) is 15.9 Å². The molecule has 7 nitrogen and oxygen atoms in total. The Morgan fingerprint density at radius 2 is 1.65 bits per heavy atom. The summed E-state index contributed by atoms with van der Waals surface area (Å²) >= 11 is 0. The van der Waals surface area contributed by atoms with Gasteiger partial charge in [0.05, 0.1) is 39.0 Å². The van der Waals surface area contributed by atoms with Gasteiger partial charge in [-0.05, 0) is 0 Å². The highest BCUT2D eigenvalue weighted by Crippen LogP contribution is 2.33. The van der Waals surface area contributed by atoms with Crippen molar-refractivity contribution in [1.29, 1.82) is 0 Å². The second-order valence-corrected chi connectivity index (χ2v) is 4.64. The Morgan fingerprint density at radius 1 is 1.09 bits per heavy atom. The number of nitrogens with one attached hydrogen (secondary N) is 1. The summed E-state index contributed by atoms with van der Waals surface area (Å²) in [5, 5.41) is 13.8. The second-order valence-electron chi connectivity index (χ2n) is 4.64. The van der Waals surface area contributed by atoms with Crippen LogP contribution in [0.3, 0.4) is 0 Å². The molecule has 1 heterocycles. The van der Waals surface area contributed by atoms with Crippen molar-refractivity contribution in [2.45, 2.75) is 6.54 Å². The maximum atomic E-state index is 12.1. The molecule has 1 amide bonds. The molecule has 0 aliphatic carbocycles. The largest absolute Gasteiger partial charge is 0.619 e. The van der Waals surface area contributed by atoms with Crippen LogP contribution < -0.4 is 24.3 Å². The third-order valence-electron chi connectivity index (χ3n) is 3.31. The van der Waals surface area contributed by atoms with E-state index in [0.29, 0.717) is 33.1 Å². The molecule has 0 aliphatic heterocycles. The van der Waals surface area contributed by atoms with Gasteiger partial charge in [0.25, 0.3) is 5.91 Å². The molecule has 0 fully saturated rings. The molecule has 0 bridgehead atoms. The number of aromatic nitrogens is 1. The second kappa shape index (κ2) is 7.35. The first-order valence-corrected chi connectivity index (χ1v) is 6.85. The number of hydrogen-bond donors (Lipinski definition) is 1. The third-order valence-corrected chi connectivity index (χ3v) is 3.31. The van der Waals surface area contributed by atoms with E-state index in [2.05, 4.69) is 5.32 Å². The quantitative estimate of drug-likeness (QED) is 0.640. The van der Waals surface area contributed by atoms with Crippen LogP contribution in [-0.4, -0.2) is 27.2 Å². The zero-order valence-electron chi connectivity index (χ0n) is 13.2. The topological polar surface area (TPSA) is 83.7 Å². The molecule has 2 rings (SSSR count). The zero-order chi connectivity index (χ0) is 16.8. The van der Waals surface area contributed by atoms with Gasteiger partial charge in [-0.15, -0.1) is 0 Å². The van der Waals surface area contributed by atoms with Crippen LogP contribution in [0.25, 0.3) is 0 Å². The van der Waals surface area contributed by atoms with E-state index in [-0.39, 0.29) is 12.5 Å². The lowest BCUT2D eigenvalue weighted by atomic mass is 10.1. The molecule has 0 saturated carbocycles. The van der Waals surface area contributed by atoms with E-state index in [9.17, 15) is 10.0 Å². The molecule has 2 aromatic rings. The van der Waals surface area contributed by atoms with Crippen LogP contribution in [0, 0.1) is 5.21 Å². The minimum atomic E-state index is -0.300. The molecule has 0 unspecified atom stereocenters. The molecule has 0 aliphatic rings. The highest BCUT2D eigenvalue weighted by atomic mass is 16.5. The fraction of sp³-hybridized carbons (Fsp3) is 0.250. The Labute approximate surface area is 134 Å². The Bertz CT molecular complexity index is 660. The van der Waals surface area contributed by atoms with E-state index in [1.807, 2.05) is 0 Å². The SMILES string of the molecule is COc1cc(OC)c(CNC(=O)c2cc[n+]([O-])cc2)c(OC)c1. The average molecular weight is 318 g/mol. The molecule has 0 spiro atoms. The lowest BCUT2D eigenvalue weighted by Crippen LogP contribution is -2.27. The monoisotopic (exact) mass is 318 g/mol. The summed E-state index contributed by atoms with van der Waals surface area (Å²) < 4.78 is 16.5. The van der Waals surface area contributed by atoms with Crippen molar-refractivity contribution in [2.24, 2.45) is 0 Å². The number of nitrogens with zero attached hydrogens (tertiary/aromatic N) is 1. The Kier molecular flexibility index (Phi) is 5.24. The summed E-state index contributed by atoms with van der Waals surface area (Å²) in [5.41, 5.74) is 1.09. The molecule has 1 N–H and O–H groups in total. The lowest BCUT2D eigenvalue weighted by Gasteiger charge is -2.15. The zero-order valence-corrected chi connectivity index (χ0v) is 13.2. The number of hydrogen-bond acceptors (Lipinski definition) is 5. The van der Waals surface area contributed by atoms with Gasteiger partial charge in [0.15, 0.2) is 12.4 Å². The van der Waals surface area contributed by atoms with Crippen molar-refractivity contribution in [3.8, 4) is 17.2 Å². The molecule has 122 valence electrons. The van der Waals surface area contributed by atoms with Gasteiger partial charge < -0.3 is 24.7 Å². The molecule has 1 aromatic heterocycles. The number of amides is 1. The van der Waals surface area contributed by atoms with Gasteiger partial charge in [-0.25, -0.2) is 0 Å². The number of methoxy groups -OCH3 is 3. The van der Waals surface area contributed by atoms with E-state index in [1.54, 1.807) is 19.2 Å². The highest BCUT2D eigenvalue weighted by Gasteiger charge is 2.15. The van der Waals surface area contributed by atoms with Gasteiger partial charge in [0.1, 0.15) is 17.2 Å². The minimum Gasteiger partial charge on any atom is -0.619 e. The van der Waals surface area contributed by atoms with E-state index in [4.69, 9.17) is 14.2 Å². The van der Waals surface area contributed by atoms with Crippen LogP contribution in [0.2, 0.25) is 0 Å². The maximum absolute atomic E-state index is 12.1. The number of carbonyl (C=O) groups excluding carboxylic acids is 1.